The minimum atomic E-state index is -0.635. The van der Waals surface area contributed by atoms with Crippen molar-refractivity contribution in [2.24, 2.45) is 0 Å². The number of benzene rings is 2. The first-order valence-electron chi connectivity index (χ1n) is 5.90. The highest BCUT2D eigenvalue weighted by Gasteiger charge is 2.16. The molecule has 1 amide bonds. The summed E-state index contributed by atoms with van der Waals surface area (Å²) in [4.78, 5) is 23.7. The van der Waals surface area contributed by atoms with Crippen LogP contribution < -0.4 is 5.32 Å². The second kappa shape index (κ2) is 6.43. The number of hydrogen-bond acceptors (Lipinski definition) is 2. The highest BCUT2D eigenvalue weighted by molar-refractivity contribution is 9.10. The Labute approximate surface area is 123 Å². The van der Waals surface area contributed by atoms with Crippen LogP contribution in [0.5, 0.6) is 0 Å². The van der Waals surface area contributed by atoms with Crippen molar-refractivity contribution in [1.82, 2.24) is 5.32 Å². The molecule has 0 atom stereocenters. The van der Waals surface area contributed by atoms with Gasteiger partial charge in [-0.05, 0) is 28.1 Å². The Balaban J connectivity index is 2.05. The summed E-state index contributed by atoms with van der Waals surface area (Å²) < 4.78 is 13.9. The number of Topliss-reactive ketones (excluding diaryl/α,β-unsaturated/α-hetero) is 1. The van der Waals surface area contributed by atoms with Gasteiger partial charge in [0, 0.05) is 10.0 Å². The van der Waals surface area contributed by atoms with E-state index in [1.165, 1.54) is 12.1 Å². The first kappa shape index (κ1) is 14.4. The molecule has 0 aromatic heterocycles. The first-order chi connectivity index (χ1) is 9.59. The molecule has 0 aliphatic heterocycles. The molecule has 1 N–H and O–H groups in total. The molecule has 2 aromatic carbocycles. The lowest BCUT2D eigenvalue weighted by Gasteiger charge is -2.07. The van der Waals surface area contributed by atoms with Crippen molar-refractivity contribution in [3.05, 3.63) is 69.9 Å². The van der Waals surface area contributed by atoms with E-state index >= 15 is 0 Å². The summed E-state index contributed by atoms with van der Waals surface area (Å²) in [5.74, 6) is -1.49. The Morgan fingerprint density at radius 3 is 2.40 bits per heavy atom. The zero-order valence-corrected chi connectivity index (χ0v) is 12.0. The van der Waals surface area contributed by atoms with Gasteiger partial charge in [0.25, 0.3) is 5.91 Å². The number of amides is 1. The smallest absolute Gasteiger partial charge is 0.255 e. The maximum Gasteiger partial charge on any atom is 0.255 e. The molecule has 0 heterocycles. The number of rotatable bonds is 4. The first-order valence-corrected chi connectivity index (χ1v) is 6.69. The number of ketones is 1. The summed E-state index contributed by atoms with van der Waals surface area (Å²) in [7, 11) is 0. The van der Waals surface area contributed by atoms with Gasteiger partial charge in [0.1, 0.15) is 5.82 Å². The van der Waals surface area contributed by atoms with E-state index in [0.717, 1.165) is 0 Å². The second-order valence-corrected chi connectivity index (χ2v) is 4.92. The van der Waals surface area contributed by atoms with E-state index < -0.39 is 11.7 Å². The fraction of sp³-hybridized carbons (Fsp3) is 0.0667. The molecule has 20 heavy (non-hydrogen) atoms. The molecule has 3 nitrogen and oxygen atoms in total. The molecule has 0 aliphatic rings. The normalized spacial score (nSPS) is 10.1. The molecule has 5 heteroatoms. The summed E-state index contributed by atoms with van der Waals surface area (Å²) in [5, 5.41) is 2.42. The maximum absolute atomic E-state index is 13.6. The van der Waals surface area contributed by atoms with Crippen LogP contribution in [0.15, 0.2) is 53.0 Å². The zero-order valence-electron chi connectivity index (χ0n) is 10.4. The maximum atomic E-state index is 13.6. The molecular formula is C15H11BrFNO2. The molecule has 102 valence electrons. The molecule has 0 fully saturated rings. The number of nitrogens with one attached hydrogen (secondary N) is 1. The lowest BCUT2D eigenvalue weighted by atomic mass is 10.1. The number of halogens is 2. The third-order valence-electron chi connectivity index (χ3n) is 2.70. The summed E-state index contributed by atoms with van der Waals surface area (Å²) in [6.07, 6.45) is 0. The van der Waals surface area contributed by atoms with Gasteiger partial charge in [-0.3, -0.25) is 9.59 Å². The fourth-order valence-corrected chi connectivity index (χ4v) is 2.21. The van der Waals surface area contributed by atoms with Gasteiger partial charge in [0.15, 0.2) is 5.78 Å². The number of hydrogen-bond donors (Lipinski definition) is 1. The Morgan fingerprint density at radius 2 is 1.75 bits per heavy atom. The number of carbonyl (C=O) groups excluding carboxylic acids is 2. The Bertz CT molecular complexity index is 623. The van der Waals surface area contributed by atoms with Crippen molar-refractivity contribution in [3.8, 4) is 0 Å². The monoisotopic (exact) mass is 335 g/mol. The van der Waals surface area contributed by atoms with Gasteiger partial charge in [-0.25, -0.2) is 4.39 Å². The molecule has 0 saturated heterocycles. The average molecular weight is 336 g/mol. The van der Waals surface area contributed by atoms with E-state index in [-0.39, 0.29) is 17.9 Å². The van der Waals surface area contributed by atoms with Crippen molar-refractivity contribution in [1.29, 1.82) is 0 Å². The largest absolute Gasteiger partial charge is 0.344 e. The van der Waals surface area contributed by atoms with Gasteiger partial charge >= 0.3 is 0 Å². The van der Waals surface area contributed by atoms with Crippen molar-refractivity contribution >= 4 is 27.6 Å². The van der Waals surface area contributed by atoms with E-state index in [4.69, 9.17) is 0 Å². The third-order valence-corrected chi connectivity index (χ3v) is 3.36. The third kappa shape index (κ3) is 3.30. The van der Waals surface area contributed by atoms with Gasteiger partial charge in [0.05, 0.1) is 12.1 Å². The second-order valence-electron chi connectivity index (χ2n) is 4.07. The van der Waals surface area contributed by atoms with E-state index in [1.54, 1.807) is 36.4 Å². The van der Waals surface area contributed by atoms with E-state index in [1.807, 2.05) is 0 Å². The molecule has 0 aliphatic carbocycles. The molecule has 0 radical (unpaired) electrons. The van der Waals surface area contributed by atoms with Crippen LogP contribution in [-0.4, -0.2) is 18.2 Å². The van der Waals surface area contributed by atoms with Crippen LogP contribution in [-0.2, 0) is 0 Å². The summed E-state index contributed by atoms with van der Waals surface area (Å²) >= 11 is 3.11. The Kier molecular flexibility index (Phi) is 4.63. The fourth-order valence-electron chi connectivity index (χ4n) is 1.69. The van der Waals surface area contributed by atoms with Crippen LogP contribution in [0.25, 0.3) is 0 Å². The minimum absolute atomic E-state index is 0.103. The zero-order chi connectivity index (χ0) is 14.5. The van der Waals surface area contributed by atoms with Gasteiger partial charge in [-0.15, -0.1) is 0 Å². The predicted octanol–water partition coefficient (Wildman–Crippen LogP) is 3.20. The number of carbonyl (C=O) groups is 2. The van der Waals surface area contributed by atoms with Crippen LogP contribution >= 0.6 is 15.9 Å². The van der Waals surface area contributed by atoms with Crippen molar-refractivity contribution in [3.63, 3.8) is 0 Å². The van der Waals surface area contributed by atoms with Crippen LogP contribution in [0, 0.1) is 5.82 Å². The van der Waals surface area contributed by atoms with E-state index in [2.05, 4.69) is 21.2 Å². The van der Waals surface area contributed by atoms with Crippen molar-refractivity contribution in [2.75, 3.05) is 6.54 Å². The van der Waals surface area contributed by atoms with Gasteiger partial charge in [-0.1, -0.05) is 36.4 Å². The molecule has 0 saturated carbocycles. The predicted molar refractivity (Wildman–Crippen MR) is 77.2 cm³/mol. The average Bonchev–Trinajstić information content (AvgIpc) is 2.45. The molecule has 2 aromatic rings. The molecule has 2 rings (SSSR count). The minimum Gasteiger partial charge on any atom is -0.344 e. The Hall–Kier alpha value is -2.01. The highest BCUT2D eigenvalue weighted by Crippen LogP contribution is 2.19. The lowest BCUT2D eigenvalue weighted by Crippen LogP contribution is -2.30. The van der Waals surface area contributed by atoms with Crippen LogP contribution in [0.3, 0.4) is 0 Å². The molecule has 0 spiro atoms. The molecule has 0 bridgehead atoms. The Morgan fingerprint density at radius 1 is 1.05 bits per heavy atom. The summed E-state index contributed by atoms with van der Waals surface area (Å²) in [5.41, 5.74) is 0.397. The van der Waals surface area contributed by atoms with E-state index in [0.29, 0.717) is 10.0 Å². The summed E-state index contributed by atoms with van der Waals surface area (Å²) in [6, 6.07) is 12.8. The lowest BCUT2D eigenvalue weighted by molar-refractivity contribution is 0.0900. The van der Waals surface area contributed by atoms with Crippen molar-refractivity contribution in [2.45, 2.75) is 0 Å². The highest BCUT2D eigenvalue weighted by atomic mass is 79.9. The van der Waals surface area contributed by atoms with E-state index in [9.17, 15) is 14.0 Å². The van der Waals surface area contributed by atoms with Crippen LogP contribution in [0.4, 0.5) is 4.39 Å². The van der Waals surface area contributed by atoms with Gasteiger partial charge in [0.2, 0.25) is 0 Å². The van der Waals surface area contributed by atoms with Crippen LogP contribution in [0.2, 0.25) is 0 Å². The van der Waals surface area contributed by atoms with Gasteiger partial charge < -0.3 is 5.32 Å². The standard InChI is InChI=1S/C15H11BrFNO2/c16-11-7-4-8-12(17)14(11)15(20)18-9-13(19)10-5-2-1-3-6-10/h1-8H,9H2,(H,18,20). The summed E-state index contributed by atoms with van der Waals surface area (Å²) in [6.45, 7) is -0.177. The van der Waals surface area contributed by atoms with Gasteiger partial charge in [-0.2, -0.15) is 0 Å². The molecular weight excluding hydrogens is 325 g/mol. The topological polar surface area (TPSA) is 46.2 Å². The molecule has 0 unspecified atom stereocenters. The van der Waals surface area contributed by atoms with Crippen LogP contribution in [0.1, 0.15) is 20.7 Å². The quantitative estimate of drug-likeness (QED) is 0.872. The van der Waals surface area contributed by atoms with Crippen molar-refractivity contribution < 1.29 is 14.0 Å². The SMILES string of the molecule is O=C(CNC(=O)c1c(F)cccc1Br)c1ccccc1.